The van der Waals surface area contributed by atoms with Gasteiger partial charge in [0.05, 0.1) is 31.2 Å². The molecule has 0 atom stereocenters. The Morgan fingerprint density at radius 2 is 1.67 bits per heavy atom. The van der Waals surface area contributed by atoms with Crippen LogP contribution < -0.4 is 20.3 Å². The predicted octanol–water partition coefficient (Wildman–Crippen LogP) is 4.46. The molecular formula is C28H29F3N4O4. The van der Waals surface area contributed by atoms with Gasteiger partial charge in [-0.05, 0) is 61.6 Å². The summed E-state index contributed by atoms with van der Waals surface area (Å²) >= 11 is 0. The summed E-state index contributed by atoms with van der Waals surface area (Å²) in [6.45, 7) is 1.47. The number of amides is 1. The van der Waals surface area contributed by atoms with Gasteiger partial charge in [0.1, 0.15) is 11.5 Å². The number of fused-ring (bicyclic) bond motifs is 1. The van der Waals surface area contributed by atoms with Gasteiger partial charge in [-0.2, -0.15) is 23.0 Å². The van der Waals surface area contributed by atoms with Crippen molar-refractivity contribution in [3.63, 3.8) is 0 Å². The minimum absolute atomic E-state index is 0.0699. The average Bonchev–Trinajstić information content (AvgIpc) is 3.57. The van der Waals surface area contributed by atoms with Crippen LogP contribution in [0, 0.1) is 0 Å². The van der Waals surface area contributed by atoms with Gasteiger partial charge in [0, 0.05) is 48.9 Å². The van der Waals surface area contributed by atoms with Crippen LogP contribution in [0.25, 0.3) is 16.9 Å². The minimum atomic E-state index is -4.71. The van der Waals surface area contributed by atoms with Crippen LogP contribution in [-0.4, -0.2) is 54.4 Å². The Labute approximate surface area is 223 Å². The lowest BCUT2D eigenvalue weighted by Crippen LogP contribution is -2.30. The lowest BCUT2D eigenvalue weighted by atomic mass is 10.0. The number of nitrogens with one attached hydrogen (secondary N) is 1. The van der Waals surface area contributed by atoms with Crippen LogP contribution in [0.1, 0.15) is 36.0 Å². The van der Waals surface area contributed by atoms with Gasteiger partial charge in [0.25, 0.3) is 5.56 Å². The highest BCUT2D eigenvalue weighted by Crippen LogP contribution is 2.37. The van der Waals surface area contributed by atoms with Crippen LogP contribution in [0.2, 0.25) is 0 Å². The third kappa shape index (κ3) is 5.30. The lowest BCUT2D eigenvalue weighted by Gasteiger charge is -2.19. The zero-order valence-electron chi connectivity index (χ0n) is 21.7. The Morgan fingerprint density at radius 3 is 2.31 bits per heavy atom. The smallest absolute Gasteiger partial charge is 0.418 e. The Bertz CT molecular complexity index is 1450. The number of likely N-dealkylation sites (tertiary alicyclic amines) is 1. The van der Waals surface area contributed by atoms with E-state index >= 15 is 0 Å². The van der Waals surface area contributed by atoms with Gasteiger partial charge in [-0.15, -0.1) is 0 Å². The van der Waals surface area contributed by atoms with Gasteiger partial charge in [-0.25, -0.2) is 0 Å². The zero-order valence-corrected chi connectivity index (χ0v) is 21.7. The Hall–Kier alpha value is -4.02. The van der Waals surface area contributed by atoms with E-state index in [4.69, 9.17) is 9.47 Å². The standard InChI is InChI=1S/C28H29F3N4O4/c1-38-19-13-17(14-20(16-19)39-2)26-21-5-3-6-22(21)27(37)35(33-26)24-15-18(8-9-23(24)28(29,30)31)32-10-12-34-11-4-7-25(34)36/h8-9,13-16,32H,3-7,10-12H2,1-2H3. The van der Waals surface area contributed by atoms with Crippen molar-refractivity contribution >= 4 is 11.6 Å². The Morgan fingerprint density at radius 1 is 0.949 bits per heavy atom. The summed E-state index contributed by atoms with van der Waals surface area (Å²) in [5.41, 5.74) is 0.681. The molecule has 0 spiro atoms. The molecule has 0 saturated carbocycles. The molecule has 1 aromatic heterocycles. The summed E-state index contributed by atoms with van der Waals surface area (Å²) in [6.07, 6.45) is -1.65. The first-order valence-corrected chi connectivity index (χ1v) is 12.8. The number of rotatable bonds is 8. The molecule has 2 heterocycles. The summed E-state index contributed by atoms with van der Waals surface area (Å²) in [6, 6.07) is 8.70. The lowest BCUT2D eigenvalue weighted by molar-refractivity contribution is -0.137. The van der Waals surface area contributed by atoms with Crippen LogP contribution in [0.15, 0.2) is 41.2 Å². The summed E-state index contributed by atoms with van der Waals surface area (Å²) < 4.78 is 54.1. The van der Waals surface area contributed by atoms with E-state index in [-0.39, 0.29) is 11.6 Å². The van der Waals surface area contributed by atoms with E-state index in [1.165, 1.54) is 26.4 Å². The Balaban J connectivity index is 1.60. The highest BCUT2D eigenvalue weighted by molar-refractivity contribution is 5.78. The van der Waals surface area contributed by atoms with Crippen molar-refractivity contribution in [2.75, 3.05) is 39.2 Å². The van der Waals surface area contributed by atoms with Crippen LogP contribution in [0.5, 0.6) is 11.5 Å². The molecule has 5 rings (SSSR count). The maximum atomic E-state index is 14.2. The molecule has 0 radical (unpaired) electrons. The van der Waals surface area contributed by atoms with Crippen LogP contribution in [0.4, 0.5) is 18.9 Å². The monoisotopic (exact) mass is 542 g/mol. The number of halogens is 3. The molecule has 8 nitrogen and oxygen atoms in total. The van der Waals surface area contributed by atoms with E-state index in [2.05, 4.69) is 10.4 Å². The third-order valence-corrected chi connectivity index (χ3v) is 7.19. The molecule has 2 aromatic carbocycles. The highest BCUT2D eigenvalue weighted by Gasteiger charge is 2.35. The topological polar surface area (TPSA) is 85.7 Å². The number of nitrogens with zero attached hydrogens (tertiary/aromatic N) is 3. The van der Waals surface area contributed by atoms with Crippen molar-refractivity contribution in [2.24, 2.45) is 0 Å². The number of benzene rings is 2. The molecule has 1 aliphatic carbocycles. The minimum Gasteiger partial charge on any atom is -0.497 e. The molecule has 1 aliphatic heterocycles. The summed E-state index contributed by atoms with van der Waals surface area (Å²) in [7, 11) is 3.01. The molecular weight excluding hydrogens is 513 g/mol. The molecule has 39 heavy (non-hydrogen) atoms. The van der Waals surface area contributed by atoms with E-state index in [0.717, 1.165) is 22.7 Å². The average molecular weight is 543 g/mol. The molecule has 1 fully saturated rings. The molecule has 3 aromatic rings. The van der Waals surface area contributed by atoms with Gasteiger partial charge >= 0.3 is 6.18 Å². The van der Waals surface area contributed by atoms with Crippen molar-refractivity contribution in [3.05, 3.63) is 63.4 Å². The predicted molar refractivity (Wildman–Crippen MR) is 140 cm³/mol. The van der Waals surface area contributed by atoms with Crippen molar-refractivity contribution in [1.82, 2.24) is 14.7 Å². The fourth-order valence-electron chi connectivity index (χ4n) is 5.25. The van der Waals surface area contributed by atoms with Gasteiger partial charge in [-0.3, -0.25) is 9.59 Å². The van der Waals surface area contributed by atoms with Gasteiger partial charge in [-0.1, -0.05) is 0 Å². The van der Waals surface area contributed by atoms with Crippen LogP contribution >= 0.6 is 0 Å². The first kappa shape index (κ1) is 26.6. The molecule has 0 unspecified atom stereocenters. The second kappa shape index (κ2) is 10.6. The van der Waals surface area contributed by atoms with E-state index in [9.17, 15) is 22.8 Å². The number of alkyl halides is 3. The first-order chi connectivity index (χ1) is 18.7. The molecule has 1 N–H and O–H groups in total. The van der Waals surface area contributed by atoms with Crippen molar-refractivity contribution in [1.29, 1.82) is 0 Å². The number of hydrogen-bond donors (Lipinski definition) is 1. The van der Waals surface area contributed by atoms with Gasteiger partial charge < -0.3 is 19.7 Å². The van der Waals surface area contributed by atoms with E-state index in [0.29, 0.717) is 79.3 Å². The third-order valence-electron chi connectivity index (χ3n) is 7.19. The molecule has 1 saturated heterocycles. The number of hydrogen-bond acceptors (Lipinski definition) is 6. The highest BCUT2D eigenvalue weighted by atomic mass is 19.4. The fourth-order valence-corrected chi connectivity index (χ4v) is 5.25. The maximum Gasteiger partial charge on any atom is 0.418 e. The van der Waals surface area contributed by atoms with Crippen molar-refractivity contribution in [3.8, 4) is 28.4 Å². The maximum absolute atomic E-state index is 14.2. The molecule has 1 amide bonds. The molecule has 206 valence electrons. The zero-order chi connectivity index (χ0) is 27.7. The summed E-state index contributed by atoms with van der Waals surface area (Å²) in [5, 5.41) is 7.61. The fraction of sp³-hybridized carbons (Fsp3) is 0.393. The Kier molecular flexibility index (Phi) is 7.24. The SMILES string of the molecule is COc1cc(OC)cc(-c2nn(-c3cc(NCCN4CCCC4=O)ccc3C(F)(F)F)c(=O)c3c2CCC3)c1. The van der Waals surface area contributed by atoms with Crippen molar-refractivity contribution < 1.29 is 27.4 Å². The second-order valence-electron chi connectivity index (χ2n) is 9.62. The van der Waals surface area contributed by atoms with Crippen molar-refractivity contribution in [2.45, 2.75) is 38.3 Å². The summed E-state index contributed by atoms with van der Waals surface area (Å²) in [5.74, 6) is 1.06. The van der Waals surface area contributed by atoms with Gasteiger partial charge in [0.2, 0.25) is 5.91 Å². The number of carbonyl (C=O) groups is 1. The van der Waals surface area contributed by atoms with Crippen LogP contribution in [0.3, 0.4) is 0 Å². The number of methoxy groups -OCH3 is 2. The molecule has 2 aliphatic rings. The van der Waals surface area contributed by atoms with Crippen LogP contribution in [-0.2, 0) is 23.8 Å². The number of anilines is 1. The quantitative estimate of drug-likeness (QED) is 0.453. The number of carbonyl (C=O) groups excluding carboxylic acids is 1. The van der Waals surface area contributed by atoms with Gasteiger partial charge in [0.15, 0.2) is 0 Å². The molecule has 0 bridgehead atoms. The van der Waals surface area contributed by atoms with E-state index in [1.807, 2.05) is 0 Å². The summed E-state index contributed by atoms with van der Waals surface area (Å²) in [4.78, 5) is 27.1. The largest absolute Gasteiger partial charge is 0.497 e. The number of ether oxygens (including phenoxy) is 2. The number of aromatic nitrogens is 2. The second-order valence-corrected chi connectivity index (χ2v) is 9.62. The normalized spacial score (nSPS) is 15.0. The molecule has 11 heteroatoms. The van der Waals surface area contributed by atoms with E-state index in [1.54, 1.807) is 23.1 Å². The van der Waals surface area contributed by atoms with E-state index < -0.39 is 17.3 Å². The first-order valence-electron chi connectivity index (χ1n) is 12.8.